The van der Waals surface area contributed by atoms with Crippen LogP contribution in [0.5, 0.6) is 0 Å². The van der Waals surface area contributed by atoms with Gasteiger partial charge in [0.05, 0.1) is 18.2 Å². The van der Waals surface area contributed by atoms with Crippen LogP contribution in [0, 0.1) is 0 Å². The van der Waals surface area contributed by atoms with E-state index in [2.05, 4.69) is 18.7 Å². The third-order valence-corrected chi connectivity index (χ3v) is 4.38. The first-order valence-electron chi connectivity index (χ1n) is 6.80. The summed E-state index contributed by atoms with van der Waals surface area (Å²) >= 11 is 0. The zero-order valence-electron chi connectivity index (χ0n) is 10.8. The molecule has 0 radical (unpaired) electrons. The Balaban J connectivity index is 1.62. The number of carbonyl (C=O) groups excluding carboxylic acids is 1. The highest BCUT2D eigenvalue weighted by atomic mass is 16.5. The number of ether oxygens (including phenoxy) is 1. The van der Waals surface area contributed by atoms with Crippen molar-refractivity contribution in [2.75, 3.05) is 26.2 Å². The van der Waals surface area contributed by atoms with Gasteiger partial charge in [-0.25, -0.2) is 0 Å². The van der Waals surface area contributed by atoms with Gasteiger partial charge < -0.3 is 9.64 Å². The molecule has 17 heavy (non-hydrogen) atoms. The Bertz CT molecular complexity index is 325. The highest BCUT2D eigenvalue weighted by Crippen LogP contribution is 2.42. The van der Waals surface area contributed by atoms with Gasteiger partial charge in [0.2, 0.25) is 5.91 Å². The molecule has 2 heterocycles. The molecule has 4 nitrogen and oxygen atoms in total. The van der Waals surface area contributed by atoms with Crippen LogP contribution < -0.4 is 0 Å². The number of hydrogen-bond donors (Lipinski definition) is 0. The molecule has 0 unspecified atom stereocenters. The van der Waals surface area contributed by atoms with Gasteiger partial charge in [-0.2, -0.15) is 0 Å². The van der Waals surface area contributed by atoms with Gasteiger partial charge in [0.1, 0.15) is 0 Å². The molecule has 1 atom stereocenters. The first kappa shape index (κ1) is 11.5. The van der Waals surface area contributed by atoms with E-state index >= 15 is 0 Å². The highest BCUT2D eigenvalue weighted by molar-refractivity contribution is 5.83. The van der Waals surface area contributed by atoms with Crippen molar-refractivity contribution in [2.45, 2.75) is 50.8 Å². The number of likely N-dealkylation sites (tertiary alicyclic amines) is 1. The lowest BCUT2D eigenvalue weighted by Crippen LogP contribution is -2.61. The summed E-state index contributed by atoms with van der Waals surface area (Å²) in [6.45, 7) is 7.74. The van der Waals surface area contributed by atoms with Crippen LogP contribution in [-0.4, -0.2) is 59.6 Å². The summed E-state index contributed by atoms with van der Waals surface area (Å²) < 4.78 is 5.76. The predicted molar refractivity (Wildman–Crippen MR) is 64.7 cm³/mol. The SMILES string of the molecule is CC(C)N1CC[C@H]1C(=O)N1CCOC2(CC2)C1. The number of nitrogens with zero attached hydrogens (tertiary/aromatic N) is 2. The van der Waals surface area contributed by atoms with Crippen molar-refractivity contribution in [1.82, 2.24) is 9.80 Å². The van der Waals surface area contributed by atoms with Crippen molar-refractivity contribution < 1.29 is 9.53 Å². The van der Waals surface area contributed by atoms with E-state index in [1.165, 1.54) is 0 Å². The van der Waals surface area contributed by atoms with E-state index < -0.39 is 0 Å². The van der Waals surface area contributed by atoms with Crippen LogP contribution in [-0.2, 0) is 9.53 Å². The van der Waals surface area contributed by atoms with Crippen LogP contribution >= 0.6 is 0 Å². The second-order valence-electron chi connectivity index (χ2n) is 5.93. The summed E-state index contributed by atoms with van der Waals surface area (Å²) in [4.78, 5) is 16.8. The Hall–Kier alpha value is -0.610. The van der Waals surface area contributed by atoms with E-state index in [0.717, 1.165) is 45.5 Å². The lowest BCUT2D eigenvalue weighted by molar-refractivity contribution is -0.152. The van der Waals surface area contributed by atoms with E-state index in [1.54, 1.807) is 0 Å². The smallest absolute Gasteiger partial charge is 0.240 e. The average Bonchev–Trinajstić information content (AvgIpc) is 2.95. The molecule has 1 amide bonds. The lowest BCUT2D eigenvalue weighted by Gasteiger charge is -2.46. The summed E-state index contributed by atoms with van der Waals surface area (Å²) in [7, 11) is 0. The molecule has 1 aliphatic carbocycles. The molecular weight excluding hydrogens is 216 g/mol. The lowest BCUT2D eigenvalue weighted by atomic mass is 9.98. The largest absolute Gasteiger partial charge is 0.371 e. The summed E-state index contributed by atoms with van der Waals surface area (Å²) in [5, 5.41) is 0. The molecule has 3 aliphatic rings. The summed E-state index contributed by atoms with van der Waals surface area (Å²) in [5.74, 6) is 0.333. The number of rotatable bonds is 2. The van der Waals surface area contributed by atoms with Crippen LogP contribution in [0.15, 0.2) is 0 Å². The van der Waals surface area contributed by atoms with Gasteiger partial charge in [0, 0.05) is 25.7 Å². The topological polar surface area (TPSA) is 32.8 Å². The molecule has 3 rings (SSSR count). The van der Waals surface area contributed by atoms with Crippen LogP contribution in [0.4, 0.5) is 0 Å². The Morgan fingerprint density at radius 1 is 1.35 bits per heavy atom. The number of carbonyl (C=O) groups is 1. The van der Waals surface area contributed by atoms with Crippen LogP contribution in [0.2, 0.25) is 0 Å². The predicted octanol–water partition coefficient (Wildman–Crippen LogP) is 0.860. The monoisotopic (exact) mass is 238 g/mol. The normalized spacial score (nSPS) is 31.7. The Morgan fingerprint density at radius 3 is 2.65 bits per heavy atom. The Morgan fingerprint density at radius 2 is 2.12 bits per heavy atom. The van der Waals surface area contributed by atoms with Crippen molar-refractivity contribution in [3.63, 3.8) is 0 Å². The van der Waals surface area contributed by atoms with Crippen molar-refractivity contribution in [1.29, 1.82) is 0 Å². The molecule has 1 spiro atoms. The van der Waals surface area contributed by atoms with Crippen LogP contribution in [0.25, 0.3) is 0 Å². The first-order chi connectivity index (χ1) is 8.11. The van der Waals surface area contributed by atoms with Crippen molar-refractivity contribution in [3.05, 3.63) is 0 Å². The zero-order valence-corrected chi connectivity index (χ0v) is 10.8. The van der Waals surface area contributed by atoms with Gasteiger partial charge in [-0.3, -0.25) is 9.69 Å². The zero-order chi connectivity index (χ0) is 12.0. The molecule has 0 aromatic carbocycles. The Kier molecular flexibility index (Phi) is 2.67. The maximum Gasteiger partial charge on any atom is 0.240 e. The summed E-state index contributed by atoms with van der Waals surface area (Å²) in [6, 6.07) is 0.623. The fourth-order valence-corrected chi connectivity index (χ4v) is 2.98. The molecule has 4 heteroatoms. The van der Waals surface area contributed by atoms with Gasteiger partial charge in [0.15, 0.2) is 0 Å². The second-order valence-corrected chi connectivity index (χ2v) is 5.93. The number of hydrogen-bond acceptors (Lipinski definition) is 3. The minimum Gasteiger partial charge on any atom is -0.371 e. The average molecular weight is 238 g/mol. The molecular formula is C13H22N2O2. The molecule has 0 aromatic rings. The van der Waals surface area contributed by atoms with Gasteiger partial charge >= 0.3 is 0 Å². The van der Waals surface area contributed by atoms with Gasteiger partial charge in [-0.1, -0.05) is 0 Å². The van der Waals surface area contributed by atoms with E-state index in [0.29, 0.717) is 11.9 Å². The molecule has 0 bridgehead atoms. The molecule has 0 N–H and O–H groups in total. The molecule has 1 saturated carbocycles. The summed E-state index contributed by atoms with van der Waals surface area (Å²) in [6.07, 6.45) is 3.30. The third kappa shape index (κ3) is 1.97. The number of morpholine rings is 1. The Labute approximate surface area is 103 Å². The summed E-state index contributed by atoms with van der Waals surface area (Å²) in [5.41, 5.74) is 0.0559. The molecule has 0 aromatic heterocycles. The van der Waals surface area contributed by atoms with Crippen LogP contribution in [0.3, 0.4) is 0 Å². The minimum atomic E-state index is 0.0559. The second kappa shape index (κ2) is 3.95. The van der Waals surface area contributed by atoms with E-state index in [4.69, 9.17) is 4.74 Å². The van der Waals surface area contributed by atoms with E-state index in [9.17, 15) is 4.79 Å². The standard InChI is InChI=1S/C13H22N2O2/c1-10(2)15-6-3-11(15)12(16)14-7-8-17-13(9-14)4-5-13/h10-11H,3-9H2,1-2H3/t11-/m0/s1. The molecule has 96 valence electrons. The van der Waals surface area contributed by atoms with E-state index in [-0.39, 0.29) is 11.6 Å². The van der Waals surface area contributed by atoms with Gasteiger partial charge in [0.25, 0.3) is 0 Å². The fourth-order valence-electron chi connectivity index (χ4n) is 2.98. The molecule has 3 fully saturated rings. The maximum atomic E-state index is 12.4. The van der Waals surface area contributed by atoms with Gasteiger partial charge in [-0.05, 0) is 33.1 Å². The molecule has 2 aliphatic heterocycles. The van der Waals surface area contributed by atoms with Crippen LogP contribution in [0.1, 0.15) is 33.1 Å². The third-order valence-electron chi connectivity index (χ3n) is 4.38. The van der Waals surface area contributed by atoms with Gasteiger partial charge in [-0.15, -0.1) is 0 Å². The highest BCUT2D eigenvalue weighted by Gasteiger charge is 2.50. The van der Waals surface area contributed by atoms with Crippen molar-refractivity contribution >= 4 is 5.91 Å². The maximum absolute atomic E-state index is 12.4. The van der Waals surface area contributed by atoms with Crippen molar-refractivity contribution in [2.24, 2.45) is 0 Å². The quantitative estimate of drug-likeness (QED) is 0.715. The first-order valence-corrected chi connectivity index (χ1v) is 6.80. The number of amides is 1. The minimum absolute atomic E-state index is 0.0559. The fraction of sp³-hybridized carbons (Fsp3) is 0.923. The van der Waals surface area contributed by atoms with Crippen molar-refractivity contribution in [3.8, 4) is 0 Å². The van der Waals surface area contributed by atoms with E-state index in [1.807, 2.05) is 4.90 Å². The molecule has 2 saturated heterocycles.